The van der Waals surface area contributed by atoms with E-state index in [2.05, 4.69) is 15.5 Å². The molecule has 3 aromatic rings. The molecule has 0 unspecified atom stereocenters. The Labute approximate surface area is 156 Å². The summed E-state index contributed by atoms with van der Waals surface area (Å²) in [4.78, 5) is 16.2. The third-order valence-electron chi connectivity index (χ3n) is 4.08. The lowest BCUT2D eigenvalue weighted by atomic mass is 10.1. The molecule has 0 aliphatic rings. The number of hydrogen-bond acceptors (Lipinski definition) is 5. The number of nitrogens with two attached hydrogens (primary N) is 1. The summed E-state index contributed by atoms with van der Waals surface area (Å²) in [7, 11) is 0. The second-order valence-electron chi connectivity index (χ2n) is 6.21. The second kappa shape index (κ2) is 8.93. The van der Waals surface area contributed by atoms with Crippen LogP contribution in [0.25, 0.3) is 11.4 Å². The van der Waals surface area contributed by atoms with Crippen molar-refractivity contribution in [3.63, 3.8) is 0 Å². The smallest absolute Gasteiger partial charge is 0.226 e. The van der Waals surface area contributed by atoms with Gasteiger partial charge < -0.3 is 15.6 Å². The van der Waals surface area contributed by atoms with Crippen molar-refractivity contribution in [1.29, 1.82) is 0 Å². The van der Waals surface area contributed by atoms with Gasteiger partial charge in [0.1, 0.15) is 5.82 Å². The van der Waals surface area contributed by atoms with Crippen LogP contribution < -0.4 is 11.1 Å². The SMILES string of the molecule is Nc1ccc(CCNC(=O)CCCc2nc(-c3ccc(F)cc3)no2)cc1. The molecular formula is C20H21FN4O2. The van der Waals surface area contributed by atoms with E-state index < -0.39 is 0 Å². The van der Waals surface area contributed by atoms with Gasteiger partial charge in [-0.2, -0.15) is 4.98 Å². The molecule has 140 valence electrons. The fourth-order valence-electron chi connectivity index (χ4n) is 2.59. The molecule has 0 atom stereocenters. The number of amides is 1. The molecule has 0 radical (unpaired) electrons. The first-order valence-corrected chi connectivity index (χ1v) is 8.80. The molecule has 27 heavy (non-hydrogen) atoms. The van der Waals surface area contributed by atoms with Crippen LogP contribution in [0.1, 0.15) is 24.3 Å². The number of aromatic nitrogens is 2. The van der Waals surface area contributed by atoms with E-state index in [9.17, 15) is 9.18 Å². The van der Waals surface area contributed by atoms with Crippen LogP contribution >= 0.6 is 0 Å². The molecule has 3 rings (SSSR count). The highest BCUT2D eigenvalue weighted by Crippen LogP contribution is 2.16. The number of carbonyl (C=O) groups is 1. The van der Waals surface area contributed by atoms with Crippen molar-refractivity contribution in [2.45, 2.75) is 25.7 Å². The van der Waals surface area contributed by atoms with Gasteiger partial charge in [0, 0.05) is 30.6 Å². The number of carbonyl (C=O) groups excluding carboxylic acids is 1. The van der Waals surface area contributed by atoms with E-state index in [1.165, 1.54) is 12.1 Å². The van der Waals surface area contributed by atoms with Gasteiger partial charge in [0.25, 0.3) is 0 Å². The standard InChI is InChI=1S/C20H21FN4O2/c21-16-8-6-15(7-9-16)20-24-19(27-25-20)3-1-2-18(26)23-13-12-14-4-10-17(22)11-5-14/h4-11H,1-3,12-13,22H2,(H,23,26). The molecule has 0 aliphatic carbocycles. The number of nitrogen functional groups attached to an aromatic ring is 1. The monoisotopic (exact) mass is 368 g/mol. The van der Waals surface area contributed by atoms with E-state index in [-0.39, 0.29) is 11.7 Å². The van der Waals surface area contributed by atoms with Gasteiger partial charge >= 0.3 is 0 Å². The zero-order valence-corrected chi connectivity index (χ0v) is 14.8. The molecule has 1 amide bonds. The fraction of sp³-hybridized carbons (Fsp3) is 0.250. The summed E-state index contributed by atoms with van der Waals surface area (Å²) in [5, 5.41) is 6.78. The van der Waals surface area contributed by atoms with Gasteiger partial charge in [0.2, 0.25) is 17.6 Å². The maximum Gasteiger partial charge on any atom is 0.226 e. The van der Waals surface area contributed by atoms with Crippen molar-refractivity contribution < 1.29 is 13.7 Å². The highest BCUT2D eigenvalue weighted by atomic mass is 19.1. The summed E-state index contributed by atoms with van der Waals surface area (Å²) < 4.78 is 18.1. The first-order valence-electron chi connectivity index (χ1n) is 8.80. The predicted octanol–water partition coefficient (Wildman–Crippen LogP) is 3.14. The Morgan fingerprint density at radius 2 is 1.81 bits per heavy atom. The third-order valence-corrected chi connectivity index (χ3v) is 4.08. The van der Waals surface area contributed by atoms with Crippen molar-refractivity contribution in [2.75, 3.05) is 12.3 Å². The van der Waals surface area contributed by atoms with Gasteiger partial charge in [-0.15, -0.1) is 0 Å². The summed E-state index contributed by atoms with van der Waals surface area (Å²) in [5.74, 6) is 0.551. The topological polar surface area (TPSA) is 94.0 Å². The molecule has 1 aromatic heterocycles. The summed E-state index contributed by atoms with van der Waals surface area (Å²) in [6.07, 6.45) is 2.27. The van der Waals surface area contributed by atoms with Crippen molar-refractivity contribution >= 4 is 11.6 Å². The average molecular weight is 368 g/mol. The number of hydrogen-bond donors (Lipinski definition) is 2. The lowest BCUT2D eigenvalue weighted by Crippen LogP contribution is -2.25. The maximum atomic E-state index is 12.9. The Morgan fingerprint density at radius 1 is 1.07 bits per heavy atom. The van der Waals surface area contributed by atoms with Crippen molar-refractivity contribution in [1.82, 2.24) is 15.5 Å². The van der Waals surface area contributed by atoms with Crippen molar-refractivity contribution in [3.8, 4) is 11.4 Å². The van der Waals surface area contributed by atoms with E-state index in [0.29, 0.717) is 43.1 Å². The van der Waals surface area contributed by atoms with Crippen LogP contribution in [0, 0.1) is 5.82 Å². The Balaban J connectivity index is 1.37. The molecule has 0 saturated heterocycles. The highest BCUT2D eigenvalue weighted by Gasteiger charge is 2.09. The van der Waals surface area contributed by atoms with Crippen LogP contribution in [0.5, 0.6) is 0 Å². The van der Waals surface area contributed by atoms with Crippen LogP contribution in [0.2, 0.25) is 0 Å². The lowest BCUT2D eigenvalue weighted by Gasteiger charge is -2.05. The minimum absolute atomic E-state index is 0.0104. The highest BCUT2D eigenvalue weighted by molar-refractivity contribution is 5.75. The summed E-state index contributed by atoms with van der Waals surface area (Å²) in [6.45, 7) is 0.581. The number of nitrogens with zero attached hydrogens (tertiary/aromatic N) is 2. The van der Waals surface area contributed by atoms with Gasteiger partial charge in [-0.1, -0.05) is 17.3 Å². The molecule has 0 saturated carbocycles. The first kappa shape index (κ1) is 18.6. The van der Waals surface area contributed by atoms with E-state index in [1.54, 1.807) is 12.1 Å². The van der Waals surface area contributed by atoms with E-state index >= 15 is 0 Å². The predicted molar refractivity (Wildman–Crippen MR) is 100 cm³/mol. The van der Waals surface area contributed by atoms with E-state index in [1.807, 2.05) is 24.3 Å². The zero-order chi connectivity index (χ0) is 19.1. The lowest BCUT2D eigenvalue weighted by molar-refractivity contribution is -0.121. The third kappa shape index (κ3) is 5.64. The van der Waals surface area contributed by atoms with Crippen LogP contribution in [0.4, 0.5) is 10.1 Å². The largest absolute Gasteiger partial charge is 0.399 e. The van der Waals surface area contributed by atoms with Crippen LogP contribution in [0.3, 0.4) is 0 Å². The number of anilines is 1. The second-order valence-corrected chi connectivity index (χ2v) is 6.21. The molecule has 1 heterocycles. The number of aryl methyl sites for hydroxylation is 1. The Bertz CT molecular complexity index is 876. The summed E-state index contributed by atoms with van der Waals surface area (Å²) >= 11 is 0. The minimum atomic E-state index is -0.315. The quantitative estimate of drug-likeness (QED) is 0.596. The molecule has 0 spiro atoms. The molecule has 2 aromatic carbocycles. The van der Waals surface area contributed by atoms with E-state index in [4.69, 9.17) is 10.3 Å². The number of halogens is 1. The summed E-state index contributed by atoms with van der Waals surface area (Å²) in [6, 6.07) is 13.5. The van der Waals surface area contributed by atoms with Gasteiger partial charge in [-0.05, 0) is 54.8 Å². The van der Waals surface area contributed by atoms with Gasteiger partial charge in [-0.3, -0.25) is 4.79 Å². The van der Waals surface area contributed by atoms with Crippen LogP contribution in [-0.2, 0) is 17.6 Å². The minimum Gasteiger partial charge on any atom is -0.399 e. The van der Waals surface area contributed by atoms with Crippen molar-refractivity contribution in [2.24, 2.45) is 0 Å². The maximum absolute atomic E-state index is 12.9. The van der Waals surface area contributed by atoms with Crippen molar-refractivity contribution in [3.05, 3.63) is 65.8 Å². The van der Waals surface area contributed by atoms with Gasteiger partial charge in [0.15, 0.2) is 0 Å². The van der Waals surface area contributed by atoms with Gasteiger partial charge in [0.05, 0.1) is 0 Å². The number of rotatable bonds is 8. The molecule has 7 heteroatoms. The fourth-order valence-corrected chi connectivity index (χ4v) is 2.59. The molecule has 0 fully saturated rings. The first-order chi connectivity index (χ1) is 13.1. The Hall–Kier alpha value is -3.22. The molecule has 6 nitrogen and oxygen atoms in total. The van der Waals surface area contributed by atoms with Crippen LogP contribution in [-0.4, -0.2) is 22.6 Å². The average Bonchev–Trinajstić information content (AvgIpc) is 3.13. The Kier molecular flexibility index (Phi) is 6.14. The number of nitrogens with one attached hydrogen (secondary N) is 1. The molecular weight excluding hydrogens is 347 g/mol. The zero-order valence-electron chi connectivity index (χ0n) is 14.8. The molecule has 0 bridgehead atoms. The Morgan fingerprint density at radius 3 is 2.56 bits per heavy atom. The molecule has 0 aliphatic heterocycles. The van der Waals surface area contributed by atoms with E-state index in [0.717, 1.165) is 17.7 Å². The van der Waals surface area contributed by atoms with Crippen LogP contribution in [0.15, 0.2) is 53.1 Å². The number of benzene rings is 2. The molecule has 3 N–H and O–H groups in total. The normalized spacial score (nSPS) is 10.7. The van der Waals surface area contributed by atoms with Gasteiger partial charge in [-0.25, -0.2) is 4.39 Å². The summed E-state index contributed by atoms with van der Waals surface area (Å²) in [5.41, 5.74) is 8.19.